The molecule has 6 heteroatoms. The third-order valence-corrected chi connectivity index (χ3v) is 6.08. The first kappa shape index (κ1) is 26.5. The zero-order chi connectivity index (χ0) is 25.6. The van der Waals surface area contributed by atoms with Crippen LogP contribution in [0, 0.1) is 12.7 Å². The minimum atomic E-state index is -0.960. The quantitative estimate of drug-likeness (QED) is 0.336. The molecule has 0 amide bonds. The smallest absolute Gasteiger partial charge is 0.335 e. The van der Waals surface area contributed by atoms with Gasteiger partial charge >= 0.3 is 5.97 Å². The number of ether oxygens (including phenoxy) is 1. The van der Waals surface area contributed by atoms with Crippen LogP contribution >= 0.6 is 0 Å². The van der Waals surface area contributed by atoms with E-state index < -0.39 is 12.1 Å². The summed E-state index contributed by atoms with van der Waals surface area (Å²) in [6.45, 7) is 8.20. The number of carboxylic acid groups (broad SMARTS) is 1. The minimum absolute atomic E-state index is 0.149. The topological polar surface area (TPSA) is 78.8 Å². The molecule has 0 heterocycles. The van der Waals surface area contributed by atoms with E-state index in [0.29, 0.717) is 18.5 Å². The van der Waals surface area contributed by atoms with Gasteiger partial charge < -0.3 is 20.3 Å². The lowest BCUT2D eigenvalue weighted by Gasteiger charge is -2.28. The summed E-state index contributed by atoms with van der Waals surface area (Å²) in [5.41, 5.74) is 4.24. The Hall–Kier alpha value is -3.06. The molecule has 0 spiro atoms. The van der Waals surface area contributed by atoms with Gasteiger partial charge in [-0.3, -0.25) is 0 Å². The highest BCUT2D eigenvalue weighted by molar-refractivity contribution is 5.88. The first-order valence-electron chi connectivity index (χ1n) is 11.8. The minimum Gasteiger partial charge on any atom is -0.478 e. The van der Waals surface area contributed by atoms with Crippen molar-refractivity contribution >= 4 is 5.97 Å². The molecule has 2 atom stereocenters. The van der Waals surface area contributed by atoms with Crippen molar-refractivity contribution in [1.82, 2.24) is 5.32 Å². The molecule has 0 aliphatic heterocycles. The predicted octanol–water partition coefficient (Wildman–Crippen LogP) is 5.55. The molecular formula is C29H34FNO4. The van der Waals surface area contributed by atoms with E-state index in [0.717, 1.165) is 22.3 Å². The van der Waals surface area contributed by atoms with E-state index in [1.807, 2.05) is 51.1 Å². The molecule has 0 radical (unpaired) electrons. The summed E-state index contributed by atoms with van der Waals surface area (Å²) in [4.78, 5) is 11.1. The summed E-state index contributed by atoms with van der Waals surface area (Å²) < 4.78 is 19.9. The highest BCUT2D eigenvalue weighted by Gasteiger charge is 2.21. The Morgan fingerprint density at radius 1 is 1.09 bits per heavy atom. The van der Waals surface area contributed by atoms with Gasteiger partial charge in [-0.2, -0.15) is 0 Å². The lowest BCUT2D eigenvalue weighted by molar-refractivity contribution is -0.00397. The zero-order valence-corrected chi connectivity index (χ0v) is 20.7. The van der Waals surface area contributed by atoms with Crippen LogP contribution in [0.3, 0.4) is 0 Å². The molecule has 35 heavy (non-hydrogen) atoms. The maximum Gasteiger partial charge on any atom is 0.335 e. The van der Waals surface area contributed by atoms with E-state index in [1.165, 1.54) is 0 Å². The van der Waals surface area contributed by atoms with E-state index >= 15 is 0 Å². The molecule has 3 aromatic carbocycles. The van der Waals surface area contributed by atoms with Crippen LogP contribution in [-0.4, -0.2) is 41.0 Å². The molecule has 0 saturated heterocycles. The van der Waals surface area contributed by atoms with Crippen LogP contribution in [0.15, 0.2) is 66.7 Å². The fraction of sp³-hybridized carbons (Fsp3) is 0.345. The van der Waals surface area contributed by atoms with Crippen molar-refractivity contribution in [3.05, 3.63) is 94.8 Å². The summed E-state index contributed by atoms with van der Waals surface area (Å²) in [6.07, 6.45) is -0.362. The van der Waals surface area contributed by atoms with Gasteiger partial charge in [0.25, 0.3) is 0 Å². The van der Waals surface area contributed by atoms with Crippen LogP contribution in [0.4, 0.5) is 4.39 Å². The number of carboxylic acids is 1. The van der Waals surface area contributed by atoms with E-state index in [9.17, 15) is 14.3 Å². The van der Waals surface area contributed by atoms with Gasteiger partial charge in [0, 0.05) is 12.1 Å². The molecule has 3 N–H and O–H groups in total. The number of aliphatic hydroxyl groups excluding tert-OH is 1. The van der Waals surface area contributed by atoms with Crippen LogP contribution in [0.1, 0.15) is 53.9 Å². The Labute approximate surface area is 206 Å². The summed E-state index contributed by atoms with van der Waals surface area (Å²) in [5.74, 6) is -1.17. The second-order valence-corrected chi connectivity index (χ2v) is 9.62. The molecule has 0 aliphatic rings. The molecule has 0 aromatic heterocycles. The molecule has 0 unspecified atom stereocenters. The first-order chi connectivity index (χ1) is 16.6. The number of rotatable bonds is 11. The summed E-state index contributed by atoms with van der Waals surface area (Å²) in [7, 11) is 0. The highest BCUT2D eigenvalue weighted by Crippen LogP contribution is 2.30. The first-order valence-corrected chi connectivity index (χ1v) is 11.8. The van der Waals surface area contributed by atoms with Crippen LogP contribution in [-0.2, 0) is 11.2 Å². The van der Waals surface area contributed by atoms with Gasteiger partial charge in [0.15, 0.2) is 0 Å². The predicted molar refractivity (Wildman–Crippen MR) is 136 cm³/mol. The Morgan fingerprint density at radius 2 is 1.77 bits per heavy atom. The Morgan fingerprint density at radius 3 is 2.43 bits per heavy atom. The molecular weight excluding hydrogens is 445 g/mol. The standard InChI is InChI=1S/C29H34FNO4/c1-19-9-10-21(15-27(19)30)16-29(3,4)31-17-24(32)18-35-20(2)25-7-5-6-8-26(25)22-11-13-23(14-12-22)28(33)34/h5-15,20,24,31-32H,16-18H2,1-4H3,(H,33,34)/t20-,24-/m1/s1. The number of nitrogens with one attached hydrogen (secondary N) is 1. The fourth-order valence-corrected chi connectivity index (χ4v) is 4.02. The van der Waals surface area contributed by atoms with Crippen molar-refractivity contribution in [2.75, 3.05) is 13.2 Å². The maximum atomic E-state index is 13.9. The summed E-state index contributed by atoms with van der Waals surface area (Å²) in [6, 6.07) is 19.8. The molecule has 0 saturated carbocycles. The number of benzene rings is 3. The number of carbonyl (C=O) groups is 1. The van der Waals surface area contributed by atoms with Gasteiger partial charge in [-0.1, -0.05) is 48.5 Å². The average Bonchev–Trinajstić information content (AvgIpc) is 2.83. The van der Waals surface area contributed by atoms with Crippen molar-refractivity contribution in [3.63, 3.8) is 0 Å². The fourth-order valence-electron chi connectivity index (χ4n) is 4.02. The summed E-state index contributed by atoms with van der Waals surface area (Å²) >= 11 is 0. The van der Waals surface area contributed by atoms with Crippen molar-refractivity contribution in [3.8, 4) is 11.1 Å². The van der Waals surface area contributed by atoms with E-state index in [4.69, 9.17) is 9.84 Å². The number of aryl methyl sites for hydroxylation is 1. The van der Waals surface area contributed by atoms with Crippen LogP contribution in [0.5, 0.6) is 0 Å². The molecule has 0 fully saturated rings. The molecule has 3 rings (SSSR count). The van der Waals surface area contributed by atoms with Crippen LogP contribution < -0.4 is 5.32 Å². The van der Waals surface area contributed by atoms with Gasteiger partial charge in [-0.15, -0.1) is 0 Å². The lowest BCUT2D eigenvalue weighted by Crippen LogP contribution is -2.46. The molecule has 3 aromatic rings. The van der Waals surface area contributed by atoms with E-state index in [-0.39, 0.29) is 29.6 Å². The normalized spacial score (nSPS) is 13.4. The average molecular weight is 480 g/mol. The third kappa shape index (κ3) is 7.46. The van der Waals surface area contributed by atoms with Crippen LogP contribution in [0.2, 0.25) is 0 Å². The van der Waals surface area contributed by atoms with Gasteiger partial charge in [0.2, 0.25) is 0 Å². The van der Waals surface area contributed by atoms with Gasteiger partial charge in [0.1, 0.15) is 5.82 Å². The maximum absolute atomic E-state index is 13.9. The zero-order valence-electron chi connectivity index (χ0n) is 20.7. The Kier molecular flexibility index (Phi) is 8.78. The number of halogens is 1. The van der Waals surface area contributed by atoms with Crippen molar-refractivity contribution in [1.29, 1.82) is 0 Å². The lowest BCUT2D eigenvalue weighted by atomic mass is 9.94. The van der Waals surface area contributed by atoms with Crippen LogP contribution in [0.25, 0.3) is 11.1 Å². The largest absolute Gasteiger partial charge is 0.478 e. The van der Waals surface area contributed by atoms with Gasteiger partial charge in [-0.25, -0.2) is 9.18 Å². The number of aromatic carboxylic acids is 1. The second kappa shape index (κ2) is 11.6. The van der Waals surface area contributed by atoms with Gasteiger partial charge in [-0.05, 0) is 80.1 Å². The monoisotopic (exact) mass is 479 g/mol. The molecule has 5 nitrogen and oxygen atoms in total. The second-order valence-electron chi connectivity index (χ2n) is 9.62. The van der Waals surface area contributed by atoms with E-state index in [1.54, 1.807) is 43.3 Å². The van der Waals surface area contributed by atoms with Crippen molar-refractivity contribution in [2.24, 2.45) is 0 Å². The molecule has 186 valence electrons. The van der Waals surface area contributed by atoms with E-state index in [2.05, 4.69) is 5.32 Å². The number of β-amino-alcohol motifs (C(OH)–C–C–N with tert-alkyl or cyclic N) is 1. The van der Waals surface area contributed by atoms with Crippen molar-refractivity contribution in [2.45, 2.75) is 51.9 Å². The number of hydrogen-bond acceptors (Lipinski definition) is 4. The summed E-state index contributed by atoms with van der Waals surface area (Å²) in [5, 5.41) is 23.0. The SMILES string of the molecule is Cc1ccc(CC(C)(C)NC[C@@H](O)CO[C@H](C)c2ccccc2-c2ccc(C(=O)O)cc2)cc1F. The number of hydrogen-bond donors (Lipinski definition) is 3. The van der Waals surface area contributed by atoms with Crippen molar-refractivity contribution < 1.29 is 24.1 Å². The number of aliphatic hydroxyl groups is 1. The third-order valence-electron chi connectivity index (χ3n) is 6.08. The molecule has 0 aliphatic carbocycles. The molecule has 0 bridgehead atoms. The van der Waals surface area contributed by atoms with Gasteiger partial charge in [0.05, 0.1) is 24.4 Å². The Bertz CT molecular complexity index is 1140. The Balaban J connectivity index is 1.56. The highest BCUT2D eigenvalue weighted by atomic mass is 19.1.